The van der Waals surface area contributed by atoms with Gasteiger partial charge in [-0.1, -0.05) is 12.1 Å². The second kappa shape index (κ2) is 6.13. The molecule has 2 rings (SSSR count). The van der Waals surface area contributed by atoms with Crippen molar-refractivity contribution in [1.82, 2.24) is 10.3 Å². The summed E-state index contributed by atoms with van der Waals surface area (Å²) in [5, 5.41) is 12.7. The minimum absolute atomic E-state index is 0.0977. The summed E-state index contributed by atoms with van der Waals surface area (Å²) >= 11 is 0. The number of aryl methyl sites for hydroxylation is 1. The molecule has 6 heteroatoms. The summed E-state index contributed by atoms with van der Waals surface area (Å²) in [5.41, 5.74) is 1.38. The fraction of sp³-hybridized carbons (Fsp3) is 0.267. The monoisotopic (exact) mass is 296 g/mol. The third-order valence-electron chi connectivity index (χ3n) is 2.99. The zero-order valence-corrected chi connectivity index (χ0v) is 11.4. The van der Waals surface area contributed by atoms with Crippen molar-refractivity contribution in [2.45, 2.75) is 26.2 Å². The lowest BCUT2D eigenvalue weighted by Gasteiger charge is -2.09. The summed E-state index contributed by atoms with van der Waals surface area (Å²) in [6.07, 6.45) is -4.32. The van der Waals surface area contributed by atoms with Crippen LogP contribution in [0.4, 0.5) is 13.2 Å². The van der Waals surface area contributed by atoms with Crippen molar-refractivity contribution in [2.24, 2.45) is 0 Å². The van der Waals surface area contributed by atoms with E-state index in [9.17, 15) is 18.3 Å². The Bertz CT molecular complexity index is 609. The topological polar surface area (TPSA) is 45.1 Å². The Morgan fingerprint density at radius 2 is 1.71 bits per heavy atom. The Balaban J connectivity index is 1.93. The number of halogens is 3. The molecule has 0 amide bonds. The number of hydrogen-bond donors (Lipinski definition) is 2. The van der Waals surface area contributed by atoms with Crippen LogP contribution in [0.25, 0.3) is 0 Å². The highest BCUT2D eigenvalue weighted by atomic mass is 19.4. The predicted octanol–water partition coefficient (Wildman–Crippen LogP) is 3.40. The van der Waals surface area contributed by atoms with Gasteiger partial charge in [0.15, 0.2) is 0 Å². The number of nitrogens with zero attached hydrogens (tertiary/aromatic N) is 1. The standard InChI is InChI=1S/C15H15F3N2O/c1-10-2-7-14(21)13(20-10)9-19-8-11-3-5-12(6-4-11)15(16,17)18/h2-7,19,21H,8-9H2,1H3. The van der Waals surface area contributed by atoms with Crippen molar-refractivity contribution >= 4 is 0 Å². The van der Waals surface area contributed by atoms with Gasteiger partial charge in [-0.05, 0) is 36.8 Å². The van der Waals surface area contributed by atoms with Gasteiger partial charge in [0.25, 0.3) is 0 Å². The molecule has 0 unspecified atom stereocenters. The Labute approximate surface area is 120 Å². The molecule has 0 aliphatic rings. The number of aromatic hydroxyl groups is 1. The van der Waals surface area contributed by atoms with Crippen molar-refractivity contribution < 1.29 is 18.3 Å². The van der Waals surface area contributed by atoms with E-state index in [1.165, 1.54) is 12.1 Å². The molecule has 1 heterocycles. The second-order valence-electron chi connectivity index (χ2n) is 4.72. The molecular formula is C15H15F3N2O. The maximum atomic E-state index is 12.4. The van der Waals surface area contributed by atoms with E-state index < -0.39 is 11.7 Å². The van der Waals surface area contributed by atoms with E-state index in [2.05, 4.69) is 10.3 Å². The third kappa shape index (κ3) is 4.19. The number of benzene rings is 1. The molecule has 0 radical (unpaired) electrons. The lowest BCUT2D eigenvalue weighted by molar-refractivity contribution is -0.137. The van der Waals surface area contributed by atoms with Crippen LogP contribution in [0.1, 0.15) is 22.5 Å². The minimum Gasteiger partial charge on any atom is -0.506 e. The summed E-state index contributed by atoms with van der Waals surface area (Å²) < 4.78 is 37.3. The molecular weight excluding hydrogens is 281 g/mol. The average molecular weight is 296 g/mol. The van der Waals surface area contributed by atoms with Crippen molar-refractivity contribution in [2.75, 3.05) is 0 Å². The van der Waals surface area contributed by atoms with E-state index in [-0.39, 0.29) is 5.75 Å². The predicted molar refractivity (Wildman–Crippen MR) is 72.6 cm³/mol. The number of pyridine rings is 1. The fourth-order valence-electron chi connectivity index (χ4n) is 1.87. The van der Waals surface area contributed by atoms with Crippen molar-refractivity contribution in [1.29, 1.82) is 0 Å². The first-order chi connectivity index (χ1) is 9.86. The van der Waals surface area contributed by atoms with Gasteiger partial charge in [0.05, 0.1) is 11.3 Å². The number of alkyl halides is 3. The zero-order valence-electron chi connectivity index (χ0n) is 11.4. The highest BCUT2D eigenvalue weighted by molar-refractivity contribution is 5.28. The van der Waals surface area contributed by atoms with Gasteiger partial charge < -0.3 is 10.4 Å². The maximum Gasteiger partial charge on any atom is 0.416 e. The average Bonchev–Trinajstić information content (AvgIpc) is 2.42. The van der Waals surface area contributed by atoms with E-state index in [0.717, 1.165) is 23.4 Å². The van der Waals surface area contributed by atoms with Gasteiger partial charge in [0, 0.05) is 18.8 Å². The first-order valence-corrected chi connectivity index (χ1v) is 6.38. The van der Waals surface area contributed by atoms with Crippen LogP contribution in [0.2, 0.25) is 0 Å². The summed E-state index contributed by atoms with van der Waals surface area (Å²) in [5.74, 6) is 0.0977. The number of hydrogen-bond acceptors (Lipinski definition) is 3. The lowest BCUT2D eigenvalue weighted by Crippen LogP contribution is -2.14. The molecule has 0 saturated carbocycles. The summed E-state index contributed by atoms with van der Waals surface area (Å²) in [6.45, 7) is 2.56. The number of aromatic nitrogens is 1. The highest BCUT2D eigenvalue weighted by Crippen LogP contribution is 2.29. The molecule has 0 aliphatic carbocycles. The number of nitrogens with one attached hydrogen (secondary N) is 1. The third-order valence-corrected chi connectivity index (χ3v) is 2.99. The van der Waals surface area contributed by atoms with Gasteiger partial charge in [-0.2, -0.15) is 13.2 Å². The minimum atomic E-state index is -4.32. The van der Waals surface area contributed by atoms with Crippen LogP contribution >= 0.6 is 0 Å². The van der Waals surface area contributed by atoms with E-state index in [1.54, 1.807) is 12.1 Å². The van der Waals surface area contributed by atoms with Crippen LogP contribution in [0.15, 0.2) is 36.4 Å². The van der Waals surface area contributed by atoms with Gasteiger partial charge in [0.2, 0.25) is 0 Å². The molecule has 1 aromatic heterocycles. The quantitative estimate of drug-likeness (QED) is 0.909. The Morgan fingerprint density at radius 3 is 2.33 bits per heavy atom. The lowest BCUT2D eigenvalue weighted by atomic mass is 10.1. The Hall–Kier alpha value is -2.08. The summed E-state index contributed by atoms with van der Waals surface area (Å²) in [6, 6.07) is 8.24. The molecule has 0 fully saturated rings. The highest BCUT2D eigenvalue weighted by Gasteiger charge is 2.29. The smallest absolute Gasteiger partial charge is 0.416 e. The van der Waals surface area contributed by atoms with Gasteiger partial charge in [-0.3, -0.25) is 4.98 Å². The van der Waals surface area contributed by atoms with E-state index in [0.29, 0.717) is 18.8 Å². The maximum absolute atomic E-state index is 12.4. The Kier molecular flexibility index (Phi) is 4.47. The van der Waals surface area contributed by atoms with Crippen molar-refractivity contribution in [3.8, 4) is 5.75 Å². The molecule has 0 atom stereocenters. The summed E-state index contributed by atoms with van der Waals surface area (Å²) in [7, 11) is 0. The first kappa shape index (κ1) is 15.3. The van der Waals surface area contributed by atoms with Crippen molar-refractivity contribution in [3.63, 3.8) is 0 Å². The molecule has 0 spiro atoms. The van der Waals surface area contributed by atoms with Crippen LogP contribution < -0.4 is 5.32 Å². The molecule has 0 saturated heterocycles. The van der Waals surface area contributed by atoms with Gasteiger partial charge >= 0.3 is 6.18 Å². The molecule has 0 bridgehead atoms. The molecule has 21 heavy (non-hydrogen) atoms. The van der Waals surface area contributed by atoms with Crippen LogP contribution in [0.5, 0.6) is 5.75 Å². The van der Waals surface area contributed by atoms with Gasteiger partial charge in [0.1, 0.15) is 5.75 Å². The molecule has 1 aromatic carbocycles. The van der Waals surface area contributed by atoms with Gasteiger partial charge in [-0.15, -0.1) is 0 Å². The SMILES string of the molecule is Cc1ccc(O)c(CNCc2ccc(C(F)(F)F)cc2)n1. The second-order valence-corrected chi connectivity index (χ2v) is 4.72. The van der Waals surface area contributed by atoms with Crippen LogP contribution in [-0.4, -0.2) is 10.1 Å². The molecule has 2 aromatic rings. The molecule has 2 N–H and O–H groups in total. The van der Waals surface area contributed by atoms with Crippen LogP contribution in [0, 0.1) is 6.92 Å². The first-order valence-electron chi connectivity index (χ1n) is 6.38. The normalized spacial score (nSPS) is 11.6. The van der Waals surface area contributed by atoms with Gasteiger partial charge in [-0.25, -0.2) is 0 Å². The van der Waals surface area contributed by atoms with Crippen LogP contribution in [0.3, 0.4) is 0 Å². The van der Waals surface area contributed by atoms with Crippen LogP contribution in [-0.2, 0) is 19.3 Å². The Morgan fingerprint density at radius 1 is 1.05 bits per heavy atom. The summed E-state index contributed by atoms with van der Waals surface area (Å²) in [4.78, 5) is 4.19. The van der Waals surface area contributed by atoms with E-state index in [1.807, 2.05) is 6.92 Å². The molecule has 0 aliphatic heterocycles. The fourth-order valence-corrected chi connectivity index (χ4v) is 1.87. The number of rotatable bonds is 4. The molecule has 3 nitrogen and oxygen atoms in total. The van der Waals surface area contributed by atoms with Crippen molar-refractivity contribution in [3.05, 3.63) is 58.9 Å². The zero-order chi connectivity index (χ0) is 15.5. The van der Waals surface area contributed by atoms with E-state index >= 15 is 0 Å². The largest absolute Gasteiger partial charge is 0.506 e. The van der Waals surface area contributed by atoms with E-state index in [4.69, 9.17) is 0 Å². The molecule has 112 valence electrons.